The number of hydrogen-bond acceptors (Lipinski definition) is 4. The summed E-state index contributed by atoms with van der Waals surface area (Å²) in [4.78, 5) is 28.3. The molecule has 0 unspecified atom stereocenters. The first kappa shape index (κ1) is 19.2. The molecule has 1 aromatic rings. The lowest BCUT2D eigenvalue weighted by molar-refractivity contribution is -0.123. The zero-order chi connectivity index (χ0) is 18.9. The first-order valence-corrected chi connectivity index (χ1v) is 8.48. The minimum absolute atomic E-state index is 0.126. The maximum atomic E-state index is 12.9. The molecule has 1 saturated heterocycles. The highest BCUT2D eigenvalue weighted by molar-refractivity contribution is 6.33. The molecule has 134 valence electrons. The van der Waals surface area contributed by atoms with E-state index in [4.69, 9.17) is 21.6 Å². The summed E-state index contributed by atoms with van der Waals surface area (Å²) in [6.45, 7) is 9.71. The number of nitrogens with zero attached hydrogens (tertiary/aromatic N) is 3. The van der Waals surface area contributed by atoms with E-state index < -0.39 is 17.7 Å². The second kappa shape index (κ2) is 7.03. The van der Waals surface area contributed by atoms with Gasteiger partial charge in [0, 0.05) is 6.54 Å². The first-order valence-electron chi connectivity index (χ1n) is 8.10. The van der Waals surface area contributed by atoms with Crippen molar-refractivity contribution in [2.75, 3.05) is 18.1 Å². The lowest BCUT2D eigenvalue weighted by Crippen LogP contribution is -2.40. The molecule has 1 aromatic carbocycles. The smallest absolute Gasteiger partial charge is 0.332 e. The van der Waals surface area contributed by atoms with E-state index in [0.717, 1.165) is 4.90 Å². The van der Waals surface area contributed by atoms with E-state index in [1.165, 1.54) is 11.0 Å². The van der Waals surface area contributed by atoms with Gasteiger partial charge in [-0.25, -0.2) is 9.69 Å². The van der Waals surface area contributed by atoms with E-state index in [-0.39, 0.29) is 17.5 Å². The molecule has 25 heavy (non-hydrogen) atoms. The highest BCUT2D eigenvalue weighted by Crippen LogP contribution is 2.33. The number of urea groups is 1. The van der Waals surface area contributed by atoms with Gasteiger partial charge in [0.25, 0.3) is 5.91 Å². The molecule has 2 rings (SSSR count). The number of nitriles is 1. The molecule has 0 aromatic heterocycles. The molecule has 6 nitrogen and oxygen atoms in total. The van der Waals surface area contributed by atoms with Crippen LogP contribution in [0.4, 0.5) is 10.5 Å². The first-order chi connectivity index (χ1) is 11.6. The van der Waals surface area contributed by atoms with Crippen LogP contribution in [0.25, 0.3) is 0 Å². The van der Waals surface area contributed by atoms with Gasteiger partial charge in [-0.2, -0.15) is 5.26 Å². The van der Waals surface area contributed by atoms with E-state index in [0.29, 0.717) is 23.4 Å². The second-order valence-corrected chi connectivity index (χ2v) is 7.24. The van der Waals surface area contributed by atoms with Crippen molar-refractivity contribution in [2.45, 2.75) is 46.3 Å². The molecule has 0 bridgehead atoms. The summed E-state index contributed by atoms with van der Waals surface area (Å²) in [6.07, 6.45) is 0. The summed E-state index contributed by atoms with van der Waals surface area (Å²) >= 11 is 6.19. The van der Waals surface area contributed by atoms with Crippen molar-refractivity contribution < 1.29 is 14.3 Å². The van der Waals surface area contributed by atoms with Gasteiger partial charge < -0.3 is 9.64 Å². The number of anilines is 1. The Hall–Kier alpha value is -2.10. The summed E-state index contributed by atoms with van der Waals surface area (Å²) in [5, 5.41) is 9.31. The molecule has 1 aliphatic rings. The van der Waals surface area contributed by atoms with Crippen LogP contribution in [0, 0.1) is 18.3 Å². The van der Waals surface area contributed by atoms with Crippen molar-refractivity contribution >= 4 is 29.2 Å². The fraction of sp³-hybridized carbons (Fsp3) is 0.500. The average molecular weight is 364 g/mol. The van der Waals surface area contributed by atoms with E-state index in [1.54, 1.807) is 13.0 Å². The summed E-state index contributed by atoms with van der Waals surface area (Å²) in [7, 11) is 0. The fourth-order valence-corrected chi connectivity index (χ4v) is 2.91. The topological polar surface area (TPSA) is 73.6 Å². The van der Waals surface area contributed by atoms with Gasteiger partial charge in [-0.1, -0.05) is 11.6 Å². The number of halogens is 1. The number of imide groups is 1. The Morgan fingerprint density at radius 1 is 1.32 bits per heavy atom. The SMILES string of the molecule is CCN1C(=O)N(c2ccc(C#N)c(Cl)c2C)C(=O)[C@@H]1COC(C)(C)C. The van der Waals surface area contributed by atoms with Crippen molar-refractivity contribution in [1.29, 1.82) is 5.26 Å². The largest absolute Gasteiger partial charge is 0.373 e. The van der Waals surface area contributed by atoms with Crippen LogP contribution in [0.5, 0.6) is 0 Å². The second-order valence-electron chi connectivity index (χ2n) is 6.86. The van der Waals surface area contributed by atoms with Crippen molar-refractivity contribution in [3.8, 4) is 6.07 Å². The Balaban J connectivity index is 2.40. The van der Waals surface area contributed by atoms with Crippen molar-refractivity contribution in [3.63, 3.8) is 0 Å². The molecule has 1 heterocycles. The number of benzene rings is 1. The number of carbonyl (C=O) groups is 2. The number of ether oxygens (including phenoxy) is 1. The third-order valence-electron chi connectivity index (χ3n) is 4.05. The lowest BCUT2D eigenvalue weighted by atomic mass is 10.1. The highest BCUT2D eigenvalue weighted by atomic mass is 35.5. The highest BCUT2D eigenvalue weighted by Gasteiger charge is 2.46. The van der Waals surface area contributed by atoms with Gasteiger partial charge in [0.05, 0.1) is 28.5 Å². The predicted octanol–water partition coefficient (Wildman–Crippen LogP) is 3.49. The number of carbonyl (C=O) groups excluding carboxylic acids is 2. The van der Waals surface area contributed by atoms with Crippen LogP contribution in [-0.2, 0) is 9.53 Å². The summed E-state index contributed by atoms with van der Waals surface area (Å²) in [5.74, 6) is -0.347. The Kier molecular flexibility index (Phi) is 5.40. The number of amides is 3. The predicted molar refractivity (Wildman–Crippen MR) is 95.7 cm³/mol. The molecular formula is C18H22ClN3O3. The fourth-order valence-electron chi connectivity index (χ4n) is 2.71. The molecule has 1 fully saturated rings. The molecule has 0 aliphatic carbocycles. The van der Waals surface area contributed by atoms with E-state index in [1.807, 2.05) is 33.8 Å². The van der Waals surface area contributed by atoms with Crippen molar-refractivity contribution in [1.82, 2.24) is 4.90 Å². The van der Waals surface area contributed by atoms with Gasteiger partial charge in [0.1, 0.15) is 12.1 Å². The summed E-state index contributed by atoms with van der Waals surface area (Å²) < 4.78 is 5.73. The Morgan fingerprint density at radius 2 is 1.96 bits per heavy atom. The third-order valence-corrected chi connectivity index (χ3v) is 4.54. The van der Waals surface area contributed by atoms with E-state index in [9.17, 15) is 9.59 Å². The Labute approximate surface area is 152 Å². The molecule has 7 heteroatoms. The lowest BCUT2D eigenvalue weighted by Gasteiger charge is -2.25. The zero-order valence-electron chi connectivity index (χ0n) is 15.1. The molecule has 0 radical (unpaired) electrons. The van der Waals surface area contributed by atoms with E-state index in [2.05, 4.69) is 0 Å². The summed E-state index contributed by atoms with van der Waals surface area (Å²) in [5.41, 5.74) is 0.817. The van der Waals surface area contributed by atoms with Crippen LogP contribution in [0.1, 0.15) is 38.8 Å². The third kappa shape index (κ3) is 3.63. The normalized spacial score (nSPS) is 18.0. The van der Waals surface area contributed by atoms with Gasteiger partial charge in [0.2, 0.25) is 0 Å². The summed E-state index contributed by atoms with van der Waals surface area (Å²) in [6, 6.07) is 4.01. The molecule has 1 atom stereocenters. The Bertz CT molecular complexity index is 749. The maximum Gasteiger partial charge on any atom is 0.332 e. The average Bonchev–Trinajstić information content (AvgIpc) is 2.77. The molecular weight excluding hydrogens is 342 g/mol. The van der Waals surface area contributed by atoms with E-state index >= 15 is 0 Å². The van der Waals surface area contributed by atoms with Gasteiger partial charge in [0.15, 0.2) is 0 Å². The molecule has 0 saturated carbocycles. The zero-order valence-corrected chi connectivity index (χ0v) is 15.8. The van der Waals surface area contributed by atoms with Gasteiger partial charge in [-0.3, -0.25) is 4.79 Å². The molecule has 3 amide bonds. The van der Waals surface area contributed by atoms with Crippen LogP contribution in [0.2, 0.25) is 5.02 Å². The minimum Gasteiger partial charge on any atom is -0.373 e. The number of likely N-dealkylation sites (N-methyl/N-ethyl adjacent to an activating group) is 1. The standard InChI is InChI=1S/C18H22ClN3O3/c1-6-21-14(10-25-18(3,4)5)16(23)22(17(21)24)13-8-7-12(9-20)15(19)11(13)2/h7-8,14H,6,10H2,1-5H3/t14-/m0/s1. The maximum absolute atomic E-state index is 12.9. The Morgan fingerprint density at radius 3 is 2.48 bits per heavy atom. The van der Waals surface area contributed by atoms with Crippen LogP contribution < -0.4 is 4.90 Å². The van der Waals surface area contributed by atoms with Crippen molar-refractivity contribution in [2.24, 2.45) is 0 Å². The van der Waals surface area contributed by atoms with Crippen LogP contribution >= 0.6 is 11.6 Å². The van der Waals surface area contributed by atoms with Gasteiger partial charge in [-0.05, 0) is 52.3 Å². The quantitative estimate of drug-likeness (QED) is 0.767. The molecule has 0 spiro atoms. The number of hydrogen-bond donors (Lipinski definition) is 0. The van der Waals surface area contributed by atoms with Crippen LogP contribution in [-0.4, -0.2) is 41.6 Å². The van der Waals surface area contributed by atoms with Crippen LogP contribution in [0.15, 0.2) is 12.1 Å². The monoisotopic (exact) mass is 363 g/mol. The molecule has 1 aliphatic heterocycles. The minimum atomic E-state index is -0.675. The van der Waals surface area contributed by atoms with Crippen molar-refractivity contribution in [3.05, 3.63) is 28.3 Å². The van der Waals surface area contributed by atoms with Gasteiger partial charge >= 0.3 is 6.03 Å². The van der Waals surface area contributed by atoms with Gasteiger partial charge in [-0.15, -0.1) is 0 Å². The molecule has 0 N–H and O–H groups in total. The number of rotatable bonds is 4. The van der Waals surface area contributed by atoms with Crippen LogP contribution in [0.3, 0.4) is 0 Å².